The van der Waals surface area contributed by atoms with Gasteiger partial charge in [0.1, 0.15) is 5.92 Å². The number of para-hydroxylation sites is 1. The van der Waals surface area contributed by atoms with E-state index in [1.807, 2.05) is 61.5 Å². The van der Waals surface area contributed by atoms with E-state index in [0.29, 0.717) is 0 Å². The number of carbonyl (C=O) groups excluding carboxylic acids is 1. The van der Waals surface area contributed by atoms with Gasteiger partial charge in [0.2, 0.25) is 0 Å². The van der Waals surface area contributed by atoms with Gasteiger partial charge in [0.05, 0.1) is 17.1 Å². The minimum absolute atomic E-state index is 0.0712. The van der Waals surface area contributed by atoms with Crippen LogP contribution < -0.4 is 5.01 Å². The molecular formula is C17H14IN3O. The van der Waals surface area contributed by atoms with Gasteiger partial charge in [0, 0.05) is 9.78 Å². The molecule has 0 N–H and O–H groups in total. The maximum atomic E-state index is 12.5. The lowest BCUT2D eigenvalue weighted by molar-refractivity contribution is -0.118. The Kier molecular flexibility index (Phi) is 4.33. The first-order valence-electron chi connectivity index (χ1n) is 6.89. The molecule has 0 saturated heterocycles. The Bertz CT molecular complexity index is 756. The number of hydrazone groups is 1. The zero-order valence-electron chi connectivity index (χ0n) is 12.0. The summed E-state index contributed by atoms with van der Waals surface area (Å²) in [6, 6.07) is 17.3. The Morgan fingerprint density at radius 2 is 1.95 bits per heavy atom. The lowest BCUT2D eigenvalue weighted by Crippen LogP contribution is -2.27. The van der Waals surface area contributed by atoms with Gasteiger partial charge in [-0.05, 0) is 59.8 Å². The SMILES string of the molecule is CC1=NN(c2ccccc2)C(=O)[C@H]1C=Nc1cccc(I)c1. The molecule has 0 spiro atoms. The Morgan fingerprint density at radius 1 is 1.18 bits per heavy atom. The van der Waals surface area contributed by atoms with Gasteiger partial charge in [0.15, 0.2) is 0 Å². The number of amides is 1. The Morgan fingerprint density at radius 3 is 2.68 bits per heavy atom. The summed E-state index contributed by atoms with van der Waals surface area (Å²) in [6.07, 6.45) is 1.68. The molecule has 1 aliphatic heterocycles. The highest BCUT2D eigenvalue weighted by molar-refractivity contribution is 14.1. The average molecular weight is 403 g/mol. The van der Waals surface area contributed by atoms with Crippen LogP contribution in [0, 0.1) is 9.49 Å². The second kappa shape index (κ2) is 6.39. The third-order valence-corrected chi connectivity index (χ3v) is 4.04. The van der Waals surface area contributed by atoms with Gasteiger partial charge in [0.25, 0.3) is 5.91 Å². The van der Waals surface area contributed by atoms with Crippen LogP contribution in [0.15, 0.2) is 64.7 Å². The molecular weight excluding hydrogens is 389 g/mol. The smallest absolute Gasteiger partial charge is 0.261 e. The average Bonchev–Trinajstić information content (AvgIpc) is 2.81. The Hall–Kier alpha value is -2.02. The fourth-order valence-electron chi connectivity index (χ4n) is 2.22. The highest BCUT2D eigenvalue weighted by Gasteiger charge is 2.33. The number of aliphatic imine (C=N–C) groups is 1. The summed E-state index contributed by atoms with van der Waals surface area (Å²) in [7, 11) is 0. The number of halogens is 1. The van der Waals surface area contributed by atoms with Crippen molar-refractivity contribution in [3.8, 4) is 0 Å². The van der Waals surface area contributed by atoms with E-state index in [1.165, 1.54) is 5.01 Å². The van der Waals surface area contributed by atoms with Crippen LogP contribution in [0.25, 0.3) is 0 Å². The van der Waals surface area contributed by atoms with Crippen LogP contribution in [0.1, 0.15) is 6.92 Å². The van der Waals surface area contributed by atoms with Crippen LogP contribution in [-0.4, -0.2) is 17.8 Å². The summed E-state index contributed by atoms with van der Waals surface area (Å²) in [5.41, 5.74) is 2.37. The van der Waals surface area contributed by atoms with Crippen molar-refractivity contribution in [1.82, 2.24) is 0 Å². The van der Waals surface area contributed by atoms with Gasteiger partial charge in [-0.3, -0.25) is 9.79 Å². The zero-order valence-corrected chi connectivity index (χ0v) is 14.1. The number of hydrogen-bond donors (Lipinski definition) is 0. The molecule has 1 aliphatic rings. The molecule has 0 saturated carbocycles. The standard InChI is InChI=1S/C17H14IN3O/c1-12-16(11-19-14-7-5-6-13(18)10-14)17(22)21(20-12)15-8-3-2-4-9-15/h2-11,16H,1H3/t16-/m0/s1. The molecule has 2 aromatic rings. The van der Waals surface area contributed by atoms with E-state index in [2.05, 4.69) is 32.7 Å². The summed E-state index contributed by atoms with van der Waals surface area (Å²) in [5, 5.41) is 5.80. The fraction of sp³-hybridized carbons (Fsp3) is 0.118. The molecule has 0 radical (unpaired) electrons. The molecule has 1 amide bonds. The van der Waals surface area contributed by atoms with Gasteiger partial charge >= 0.3 is 0 Å². The quantitative estimate of drug-likeness (QED) is 0.564. The van der Waals surface area contributed by atoms with Gasteiger partial charge in [-0.15, -0.1) is 0 Å². The fourth-order valence-corrected chi connectivity index (χ4v) is 2.75. The molecule has 5 heteroatoms. The predicted molar refractivity (Wildman–Crippen MR) is 97.8 cm³/mol. The number of hydrogen-bond acceptors (Lipinski definition) is 3. The number of rotatable bonds is 3. The van der Waals surface area contributed by atoms with Crippen molar-refractivity contribution in [1.29, 1.82) is 0 Å². The van der Waals surface area contributed by atoms with Crippen molar-refractivity contribution < 1.29 is 4.79 Å². The highest BCUT2D eigenvalue weighted by atomic mass is 127. The zero-order chi connectivity index (χ0) is 15.5. The minimum Gasteiger partial charge on any atom is -0.271 e. The maximum Gasteiger partial charge on any atom is 0.261 e. The first kappa shape index (κ1) is 14.9. The molecule has 0 fully saturated rings. The van der Waals surface area contributed by atoms with Crippen molar-refractivity contribution in [3.63, 3.8) is 0 Å². The lowest BCUT2D eigenvalue weighted by Gasteiger charge is -2.12. The summed E-state index contributed by atoms with van der Waals surface area (Å²) < 4.78 is 1.11. The molecule has 1 heterocycles. The van der Waals surface area contributed by atoms with E-state index in [4.69, 9.17) is 0 Å². The summed E-state index contributed by atoms with van der Waals surface area (Å²) in [4.78, 5) is 16.9. The molecule has 0 aliphatic carbocycles. The number of carbonyl (C=O) groups is 1. The van der Waals surface area contributed by atoms with Gasteiger partial charge < -0.3 is 0 Å². The molecule has 110 valence electrons. The lowest BCUT2D eigenvalue weighted by atomic mass is 10.1. The molecule has 0 unspecified atom stereocenters. The number of anilines is 1. The van der Waals surface area contributed by atoms with E-state index >= 15 is 0 Å². The van der Waals surface area contributed by atoms with Crippen molar-refractivity contribution >= 4 is 51.8 Å². The molecule has 2 aromatic carbocycles. The van der Waals surface area contributed by atoms with E-state index in [0.717, 1.165) is 20.7 Å². The van der Waals surface area contributed by atoms with Gasteiger partial charge in [-0.1, -0.05) is 24.3 Å². The van der Waals surface area contributed by atoms with Crippen molar-refractivity contribution in [2.24, 2.45) is 16.0 Å². The van der Waals surface area contributed by atoms with Gasteiger partial charge in [-0.2, -0.15) is 10.1 Å². The third kappa shape index (κ3) is 3.09. The van der Waals surface area contributed by atoms with E-state index in [9.17, 15) is 4.79 Å². The van der Waals surface area contributed by atoms with Crippen molar-refractivity contribution in [3.05, 3.63) is 58.2 Å². The molecule has 1 atom stereocenters. The molecule has 22 heavy (non-hydrogen) atoms. The highest BCUT2D eigenvalue weighted by Crippen LogP contribution is 2.23. The van der Waals surface area contributed by atoms with E-state index in [-0.39, 0.29) is 5.91 Å². The van der Waals surface area contributed by atoms with E-state index in [1.54, 1.807) is 6.21 Å². The number of benzene rings is 2. The largest absolute Gasteiger partial charge is 0.271 e. The summed E-state index contributed by atoms with van der Waals surface area (Å²) in [5.74, 6) is -0.476. The topological polar surface area (TPSA) is 45.0 Å². The van der Waals surface area contributed by atoms with E-state index < -0.39 is 5.92 Å². The Balaban J connectivity index is 1.82. The van der Waals surface area contributed by atoms with Crippen LogP contribution in [0.4, 0.5) is 11.4 Å². The molecule has 3 rings (SSSR count). The van der Waals surface area contributed by atoms with Crippen molar-refractivity contribution in [2.75, 3.05) is 5.01 Å². The van der Waals surface area contributed by atoms with Gasteiger partial charge in [-0.25, -0.2) is 0 Å². The van der Waals surface area contributed by atoms with Crippen LogP contribution in [0.3, 0.4) is 0 Å². The van der Waals surface area contributed by atoms with Crippen LogP contribution >= 0.6 is 22.6 Å². The predicted octanol–water partition coefficient (Wildman–Crippen LogP) is 4.03. The molecule has 0 bridgehead atoms. The second-order valence-corrected chi connectivity index (χ2v) is 6.21. The molecule has 0 aromatic heterocycles. The monoisotopic (exact) mass is 403 g/mol. The molecule has 4 nitrogen and oxygen atoms in total. The van der Waals surface area contributed by atoms with Crippen molar-refractivity contribution in [2.45, 2.75) is 6.92 Å². The summed E-state index contributed by atoms with van der Waals surface area (Å²) in [6.45, 7) is 1.85. The first-order valence-corrected chi connectivity index (χ1v) is 7.97. The second-order valence-electron chi connectivity index (χ2n) is 4.96. The maximum absolute atomic E-state index is 12.5. The first-order chi connectivity index (χ1) is 10.6. The summed E-state index contributed by atoms with van der Waals surface area (Å²) >= 11 is 2.24. The Labute approximate surface area is 142 Å². The number of nitrogens with zero attached hydrogens (tertiary/aromatic N) is 3. The van der Waals surface area contributed by atoms with Crippen LogP contribution in [0.5, 0.6) is 0 Å². The van der Waals surface area contributed by atoms with Crippen LogP contribution in [-0.2, 0) is 4.79 Å². The third-order valence-electron chi connectivity index (χ3n) is 3.36. The minimum atomic E-state index is -0.405. The normalized spacial score (nSPS) is 18.1. The van der Waals surface area contributed by atoms with Crippen LogP contribution in [0.2, 0.25) is 0 Å².